The number of hydrogen-bond donors (Lipinski definition) is 0. The van der Waals surface area contributed by atoms with Crippen molar-refractivity contribution < 1.29 is 14.0 Å². The fraction of sp³-hybridized carbons (Fsp3) is 0.280. The third-order valence-corrected chi connectivity index (χ3v) is 7.55. The highest BCUT2D eigenvalue weighted by atomic mass is 35.5. The highest BCUT2D eigenvalue weighted by Gasteiger charge is 2.33. The summed E-state index contributed by atoms with van der Waals surface area (Å²) in [5, 5.41) is 0.643. The molecule has 5 rings (SSSR count). The fourth-order valence-corrected chi connectivity index (χ4v) is 5.66. The molecule has 0 saturated carbocycles. The summed E-state index contributed by atoms with van der Waals surface area (Å²) in [6.45, 7) is 3.31. The lowest BCUT2D eigenvalue weighted by atomic mass is 10.1. The maximum absolute atomic E-state index is 13.1. The monoisotopic (exact) mass is 481 g/mol. The van der Waals surface area contributed by atoms with Crippen LogP contribution < -0.4 is 4.90 Å². The van der Waals surface area contributed by atoms with Gasteiger partial charge in [-0.2, -0.15) is 0 Å². The van der Waals surface area contributed by atoms with Crippen LogP contribution >= 0.6 is 23.4 Å². The van der Waals surface area contributed by atoms with Gasteiger partial charge in [0.05, 0.1) is 18.6 Å². The van der Waals surface area contributed by atoms with Gasteiger partial charge in [-0.3, -0.25) is 9.59 Å². The van der Waals surface area contributed by atoms with E-state index in [1.165, 1.54) is 0 Å². The Morgan fingerprint density at radius 2 is 1.82 bits per heavy atom. The molecule has 0 bridgehead atoms. The van der Waals surface area contributed by atoms with Gasteiger partial charge in [0, 0.05) is 42.5 Å². The molecule has 2 saturated heterocycles. The Kier molecular flexibility index (Phi) is 6.33. The second kappa shape index (κ2) is 9.53. The summed E-state index contributed by atoms with van der Waals surface area (Å²) in [4.78, 5) is 31.4. The number of piperazine rings is 1. The number of halogens is 1. The minimum Gasteiger partial charge on any atom is -0.467 e. The largest absolute Gasteiger partial charge is 0.467 e. The summed E-state index contributed by atoms with van der Waals surface area (Å²) < 4.78 is 5.42. The molecule has 2 aromatic carbocycles. The highest BCUT2D eigenvalue weighted by molar-refractivity contribution is 8.00. The van der Waals surface area contributed by atoms with Gasteiger partial charge in [0.1, 0.15) is 11.1 Å². The number of thioether (sulfide) groups is 1. The van der Waals surface area contributed by atoms with Crippen molar-refractivity contribution >= 4 is 40.9 Å². The van der Waals surface area contributed by atoms with Crippen LogP contribution in [-0.2, 0) is 11.3 Å². The van der Waals surface area contributed by atoms with E-state index in [0.29, 0.717) is 31.0 Å². The van der Waals surface area contributed by atoms with Crippen LogP contribution in [0, 0.1) is 0 Å². The maximum Gasteiger partial charge on any atom is 0.253 e. The molecule has 2 aliphatic rings. The summed E-state index contributed by atoms with van der Waals surface area (Å²) in [6.07, 6.45) is 1.62. The van der Waals surface area contributed by atoms with Crippen molar-refractivity contribution in [2.75, 3.05) is 36.8 Å². The topological polar surface area (TPSA) is 57.0 Å². The quantitative estimate of drug-likeness (QED) is 0.530. The van der Waals surface area contributed by atoms with E-state index in [2.05, 4.69) is 4.90 Å². The molecule has 0 aliphatic carbocycles. The van der Waals surface area contributed by atoms with Gasteiger partial charge in [-0.05, 0) is 48.0 Å². The number of hydrogen-bond acceptors (Lipinski definition) is 5. The van der Waals surface area contributed by atoms with Crippen LogP contribution in [0.4, 0.5) is 5.69 Å². The fourth-order valence-electron chi connectivity index (χ4n) is 4.29. The van der Waals surface area contributed by atoms with Crippen molar-refractivity contribution in [2.45, 2.75) is 11.9 Å². The molecule has 2 aliphatic heterocycles. The molecule has 6 nitrogen and oxygen atoms in total. The number of furan rings is 1. The van der Waals surface area contributed by atoms with Crippen LogP contribution in [0.2, 0.25) is 5.02 Å². The molecule has 2 fully saturated rings. The van der Waals surface area contributed by atoms with E-state index < -0.39 is 0 Å². The summed E-state index contributed by atoms with van der Waals surface area (Å²) in [7, 11) is 0. The number of anilines is 1. The number of amides is 2. The predicted octanol–water partition coefficient (Wildman–Crippen LogP) is 4.67. The van der Waals surface area contributed by atoms with Crippen molar-refractivity contribution in [3.05, 3.63) is 88.8 Å². The molecule has 33 heavy (non-hydrogen) atoms. The Hall–Kier alpha value is -2.90. The van der Waals surface area contributed by atoms with Gasteiger partial charge in [-0.25, -0.2) is 0 Å². The molecule has 3 aromatic rings. The van der Waals surface area contributed by atoms with Gasteiger partial charge in [-0.15, -0.1) is 11.8 Å². The first kappa shape index (κ1) is 21.9. The lowest BCUT2D eigenvalue weighted by Crippen LogP contribution is -2.48. The van der Waals surface area contributed by atoms with Crippen LogP contribution in [0.25, 0.3) is 0 Å². The van der Waals surface area contributed by atoms with E-state index in [0.717, 1.165) is 35.1 Å². The summed E-state index contributed by atoms with van der Waals surface area (Å²) in [6, 6.07) is 19.2. The number of carbonyl (C=O) groups excluding carboxylic acids is 2. The molecular formula is C25H24ClN3O3S. The lowest BCUT2D eigenvalue weighted by Gasteiger charge is -2.36. The number of rotatable bonds is 5. The van der Waals surface area contributed by atoms with E-state index in [-0.39, 0.29) is 17.2 Å². The molecule has 2 amide bonds. The smallest absolute Gasteiger partial charge is 0.253 e. The van der Waals surface area contributed by atoms with Gasteiger partial charge in [0.25, 0.3) is 5.91 Å². The first-order chi connectivity index (χ1) is 16.1. The Labute approximate surface area is 202 Å². The molecular weight excluding hydrogens is 458 g/mol. The first-order valence-corrected chi connectivity index (χ1v) is 12.3. The van der Waals surface area contributed by atoms with Crippen LogP contribution in [0.5, 0.6) is 0 Å². The van der Waals surface area contributed by atoms with Gasteiger partial charge in [0.15, 0.2) is 0 Å². The van der Waals surface area contributed by atoms with Gasteiger partial charge < -0.3 is 19.1 Å². The average Bonchev–Trinajstić information content (AvgIpc) is 3.49. The Morgan fingerprint density at radius 1 is 1.03 bits per heavy atom. The maximum atomic E-state index is 13.1. The zero-order valence-electron chi connectivity index (χ0n) is 18.0. The van der Waals surface area contributed by atoms with Crippen molar-refractivity contribution in [3.8, 4) is 0 Å². The molecule has 0 radical (unpaired) electrons. The molecule has 8 heteroatoms. The van der Waals surface area contributed by atoms with E-state index in [1.54, 1.807) is 18.0 Å². The van der Waals surface area contributed by atoms with Crippen molar-refractivity contribution in [1.82, 2.24) is 9.80 Å². The highest BCUT2D eigenvalue weighted by Crippen LogP contribution is 2.39. The molecule has 0 spiro atoms. The normalized spacial score (nSPS) is 18.8. The van der Waals surface area contributed by atoms with Gasteiger partial charge in [0.2, 0.25) is 5.91 Å². The number of nitrogens with zero attached hydrogens (tertiary/aromatic N) is 3. The third kappa shape index (κ3) is 4.75. The Bertz CT molecular complexity index is 1130. The molecule has 1 aromatic heterocycles. The van der Waals surface area contributed by atoms with E-state index in [4.69, 9.17) is 16.0 Å². The zero-order chi connectivity index (χ0) is 22.8. The molecule has 1 atom stereocenters. The first-order valence-electron chi connectivity index (χ1n) is 10.9. The van der Waals surface area contributed by atoms with E-state index in [9.17, 15) is 9.59 Å². The van der Waals surface area contributed by atoms with E-state index >= 15 is 0 Å². The predicted molar refractivity (Wildman–Crippen MR) is 130 cm³/mol. The minimum atomic E-state index is -0.0759. The van der Waals surface area contributed by atoms with Crippen molar-refractivity contribution in [1.29, 1.82) is 0 Å². The van der Waals surface area contributed by atoms with Crippen LogP contribution in [0.1, 0.15) is 27.1 Å². The minimum absolute atomic E-state index is 0.0369. The van der Waals surface area contributed by atoms with Crippen molar-refractivity contribution in [3.63, 3.8) is 0 Å². The van der Waals surface area contributed by atoms with Crippen molar-refractivity contribution in [2.24, 2.45) is 0 Å². The lowest BCUT2D eigenvalue weighted by molar-refractivity contribution is -0.128. The average molecular weight is 482 g/mol. The zero-order valence-corrected chi connectivity index (χ0v) is 19.6. The molecule has 0 unspecified atom stereocenters. The molecule has 0 N–H and O–H groups in total. The molecule has 170 valence electrons. The van der Waals surface area contributed by atoms with Gasteiger partial charge in [-0.1, -0.05) is 29.8 Å². The van der Waals surface area contributed by atoms with Crippen LogP contribution in [-0.4, -0.2) is 53.5 Å². The Morgan fingerprint density at radius 3 is 2.52 bits per heavy atom. The Balaban J connectivity index is 1.22. The number of benzene rings is 2. The standard InChI is InChI=1S/C25H24ClN3O3S/c26-20-3-1-4-21(15-20)27-10-12-28(13-11-27)24(31)18-6-8-19(9-7-18)25-29(23(30)17-33-25)16-22-5-2-14-32-22/h1-9,14-15,25H,10-13,16-17H2/t25-/m0/s1. The second-order valence-electron chi connectivity index (χ2n) is 8.15. The third-order valence-electron chi connectivity index (χ3n) is 6.06. The van der Waals surface area contributed by atoms with E-state index in [1.807, 2.05) is 70.5 Å². The summed E-state index contributed by atoms with van der Waals surface area (Å²) in [5.41, 5.74) is 2.77. The van der Waals surface area contributed by atoms with Crippen LogP contribution in [0.15, 0.2) is 71.3 Å². The number of carbonyl (C=O) groups is 2. The van der Waals surface area contributed by atoms with Gasteiger partial charge >= 0.3 is 0 Å². The molecule has 3 heterocycles. The summed E-state index contributed by atoms with van der Waals surface area (Å²) in [5.74, 6) is 1.34. The second-order valence-corrected chi connectivity index (χ2v) is 9.65. The SMILES string of the molecule is O=C(c1ccc([C@@H]2SCC(=O)N2Cc2ccco2)cc1)N1CCN(c2cccc(Cl)c2)CC1. The van der Waals surface area contributed by atoms with Crippen LogP contribution in [0.3, 0.4) is 0 Å². The summed E-state index contributed by atoms with van der Waals surface area (Å²) >= 11 is 7.72.